The fraction of sp³-hybridized carbons (Fsp3) is 0.318. The molecule has 2 heterocycles. The predicted octanol–water partition coefficient (Wildman–Crippen LogP) is 3.71. The zero-order chi connectivity index (χ0) is 22.9. The minimum atomic E-state index is -0.687. The van der Waals surface area contributed by atoms with Crippen molar-refractivity contribution in [3.63, 3.8) is 0 Å². The number of carbonyl (C=O) groups is 1. The maximum Gasteiger partial charge on any atom is 0.344 e. The monoisotopic (exact) mass is 445 g/mol. The number of halogens is 1. The van der Waals surface area contributed by atoms with Gasteiger partial charge in [0.15, 0.2) is 6.79 Å². The number of aryl methyl sites for hydroxylation is 2. The molecule has 0 aliphatic heterocycles. The summed E-state index contributed by atoms with van der Waals surface area (Å²) < 4.78 is 17.1. The summed E-state index contributed by atoms with van der Waals surface area (Å²) in [4.78, 5) is 30.6. The molecule has 0 bridgehead atoms. The zero-order valence-electron chi connectivity index (χ0n) is 18.0. The Kier molecular flexibility index (Phi) is 6.52. The summed E-state index contributed by atoms with van der Waals surface area (Å²) >= 11 is 6.18. The molecule has 0 aliphatic rings. The highest BCUT2D eigenvalue weighted by Gasteiger charge is 2.26. The Morgan fingerprint density at radius 3 is 2.58 bits per heavy atom. The SMILES string of the molecule is CCOC(=O)c1c(N)n(-c2c(C)ccc(OCOC)c2C)c(=O)c2cc(C)c(Cl)nc12. The van der Waals surface area contributed by atoms with Crippen molar-refractivity contribution in [2.75, 3.05) is 26.2 Å². The largest absolute Gasteiger partial charge is 0.467 e. The van der Waals surface area contributed by atoms with Crippen LogP contribution in [-0.4, -0.2) is 36.0 Å². The quantitative estimate of drug-likeness (QED) is 0.350. The van der Waals surface area contributed by atoms with Gasteiger partial charge in [-0.1, -0.05) is 17.7 Å². The fourth-order valence-electron chi connectivity index (χ4n) is 3.47. The number of ether oxygens (including phenoxy) is 3. The molecule has 0 saturated heterocycles. The third-order valence-corrected chi connectivity index (χ3v) is 5.32. The number of hydrogen-bond acceptors (Lipinski definition) is 7. The maximum absolute atomic E-state index is 13.6. The molecule has 0 amide bonds. The second kappa shape index (κ2) is 8.95. The zero-order valence-corrected chi connectivity index (χ0v) is 18.8. The molecule has 2 N–H and O–H groups in total. The Balaban J connectivity index is 2.46. The van der Waals surface area contributed by atoms with Gasteiger partial charge < -0.3 is 19.9 Å². The number of pyridine rings is 2. The van der Waals surface area contributed by atoms with Crippen LogP contribution in [0.2, 0.25) is 5.15 Å². The molecule has 0 aliphatic carbocycles. The Morgan fingerprint density at radius 1 is 1.23 bits per heavy atom. The number of hydrogen-bond donors (Lipinski definition) is 1. The molecule has 164 valence electrons. The molecule has 1 aromatic carbocycles. The maximum atomic E-state index is 13.6. The van der Waals surface area contributed by atoms with Crippen LogP contribution in [0.5, 0.6) is 5.75 Å². The number of carbonyl (C=O) groups excluding carboxylic acids is 1. The van der Waals surface area contributed by atoms with Gasteiger partial charge in [0.05, 0.1) is 23.2 Å². The molecular formula is C22H24ClN3O5. The van der Waals surface area contributed by atoms with E-state index in [1.807, 2.05) is 6.92 Å². The molecule has 3 rings (SSSR count). The first-order valence-electron chi connectivity index (χ1n) is 9.63. The molecule has 3 aromatic rings. The molecule has 0 spiro atoms. The standard InChI is InChI=1S/C22H24ClN3O5/c1-6-30-22(28)16-17-14(9-12(3)19(23)25-17)21(27)26(20(16)24)18-11(2)7-8-15(13(18)4)31-10-29-5/h7-9H,6,10,24H2,1-5H3. The number of rotatable bonds is 6. The number of fused-ring (bicyclic) bond motifs is 1. The Hall–Kier alpha value is -3.10. The molecule has 0 radical (unpaired) electrons. The van der Waals surface area contributed by atoms with E-state index in [2.05, 4.69) is 4.98 Å². The van der Waals surface area contributed by atoms with Crippen molar-refractivity contribution in [2.24, 2.45) is 0 Å². The van der Waals surface area contributed by atoms with E-state index < -0.39 is 11.5 Å². The number of methoxy groups -OCH3 is 1. The average molecular weight is 446 g/mol. The van der Waals surface area contributed by atoms with Crippen molar-refractivity contribution >= 4 is 34.3 Å². The lowest BCUT2D eigenvalue weighted by Gasteiger charge is -2.20. The average Bonchev–Trinajstić information content (AvgIpc) is 2.72. The van der Waals surface area contributed by atoms with Crippen LogP contribution in [-0.2, 0) is 9.47 Å². The summed E-state index contributed by atoms with van der Waals surface area (Å²) in [6.45, 7) is 7.24. The minimum absolute atomic E-state index is 0.0136. The van der Waals surface area contributed by atoms with Crippen molar-refractivity contribution in [3.8, 4) is 11.4 Å². The van der Waals surface area contributed by atoms with Gasteiger partial charge in [-0.2, -0.15) is 0 Å². The molecule has 31 heavy (non-hydrogen) atoms. The number of esters is 1. The van der Waals surface area contributed by atoms with E-state index in [1.54, 1.807) is 39.0 Å². The smallest absolute Gasteiger partial charge is 0.344 e. The van der Waals surface area contributed by atoms with Crippen molar-refractivity contribution in [2.45, 2.75) is 27.7 Å². The third-order valence-electron chi connectivity index (χ3n) is 4.94. The van der Waals surface area contributed by atoms with E-state index in [0.717, 1.165) is 5.56 Å². The minimum Gasteiger partial charge on any atom is -0.467 e. The van der Waals surface area contributed by atoms with E-state index in [-0.39, 0.29) is 40.8 Å². The lowest BCUT2D eigenvalue weighted by atomic mass is 10.0. The molecular weight excluding hydrogens is 422 g/mol. The van der Waals surface area contributed by atoms with Gasteiger partial charge in [0.1, 0.15) is 22.3 Å². The Morgan fingerprint density at radius 2 is 1.94 bits per heavy atom. The first-order chi connectivity index (χ1) is 14.7. The number of anilines is 1. The van der Waals surface area contributed by atoms with Gasteiger partial charge in [0.25, 0.3) is 5.56 Å². The van der Waals surface area contributed by atoms with E-state index in [9.17, 15) is 9.59 Å². The van der Waals surface area contributed by atoms with E-state index in [1.165, 1.54) is 11.7 Å². The van der Waals surface area contributed by atoms with Crippen LogP contribution in [0.15, 0.2) is 23.0 Å². The first-order valence-corrected chi connectivity index (χ1v) is 10.0. The van der Waals surface area contributed by atoms with E-state index >= 15 is 0 Å². The molecule has 0 unspecified atom stereocenters. The van der Waals surface area contributed by atoms with Crippen molar-refractivity contribution in [1.82, 2.24) is 9.55 Å². The molecule has 0 atom stereocenters. The number of aromatic nitrogens is 2. The van der Waals surface area contributed by atoms with Gasteiger partial charge in [-0.25, -0.2) is 9.78 Å². The third kappa shape index (κ3) is 3.96. The van der Waals surface area contributed by atoms with Crippen LogP contribution in [0.4, 0.5) is 5.82 Å². The van der Waals surface area contributed by atoms with Crippen LogP contribution in [0.3, 0.4) is 0 Å². The van der Waals surface area contributed by atoms with Crippen molar-refractivity contribution in [1.29, 1.82) is 0 Å². The van der Waals surface area contributed by atoms with E-state index in [4.69, 9.17) is 31.5 Å². The molecule has 9 heteroatoms. The Labute approximate surface area is 184 Å². The first kappa shape index (κ1) is 22.6. The molecule has 0 fully saturated rings. The summed E-state index contributed by atoms with van der Waals surface area (Å²) in [5.41, 5.74) is 8.61. The normalized spacial score (nSPS) is 11.0. The molecule has 8 nitrogen and oxygen atoms in total. The predicted molar refractivity (Wildman–Crippen MR) is 119 cm³/mol. The Bertz CT molecular complexity index is 1240. The molecule has 2 aromatic heterocycles. The summed E-state index contributed by atoms with van der Waals surface area (Å²) in [6.07, 6.45) is 0. The van der Waals surface area contributed by atoms with Crippen LogP contribution >= 0.6 is 11.6 Å². The van der Waals surface area contributed by atoms with Gasteiger partial charge in [-0.3, -0.25) is 9.36 Å². The van der Waals surface area contributed by atoms with Crippen LogP contribution in [0.25, 0.3) is 16.6 Å². The topological polar surface area (TPSA) is 106 Å². The lowest BCUT2D eigenvalue weighted by Crippen LogP contribution is -2.27. The van der Waals surface area contributed by atoms with Crippen LogP contribution < -0.4 is 16.0 Å². The van der Waals surface area contributed by atoms with Crippen molar-refractivity contribution < 1.29 is 19.0 Å². The fourth-order valence-corrected chi connectivity index (χ4v) is 3.61. The summed E-state index contributed by atoms with van der Waals surface area (Å²) in [5.74, 6) is -0.247. The van der Waals surface area contributed by atoms with Gasteiger partial charge in [-0.15, -0.1) is 0 Å². The number of nitrogens with zero attached hydrogens (tertiary/aromatic N) is 2. The highest BCUT2D eigenvalue weighted by molar-refractivity contribution is 6.30. The van der Waals surface area contributed by atoms with Gasteiger partial charge in [0, 0.05) is 12.7 Å². The molecule has 0 saturated carbocycles. The summed E-state index contributed by atoms with van der Waals surface area (Å²) in [6, 6.07) is 5.19. The van der Waals surface area contributed by atoms with E-state index in [0.29, 0.717) is 22.6 Å². The van der Waals surface area contributed by atoms with Gasteiger partial charge in [0.2, 0.25) is 0 Å². The van der Waals surface area contributed by atoms with Gasteiger partial charge >= 0.3 is 5.97 Å². The van der Waals surface area contributed by atoms with Crippen molar-refractivity contribution in [3.05, 3.63) is 56.0 Å². The summed E-state index contributed by atoms with van der Waals surface area (Å²) in [5, 5.41) is 0.387. The highest BCUT2D eigenvalue weighted by Crippen LogP contribution is 2.32. The number of nitrogen functional groups attached to an aromatic ring is 1. The second-order valence-electron chi connectivity index (χ2n) is 7.02. The van der Waals surface area contributed by atoms with Gasteiger partial charge in [-0.05, 0) is 51.0 Å². The number of benzene rings is 1. The summed E-state index contributed by atoms with van der Waals surface area (Å²) in [7, 11) is 1.52. The number of nitrogens with two attached hydrogens (primary N) is 1. The second-order valence-corrected chi connectivity index (χ2v) is 7.38. The van der Waals surface area contributed by atoms with Crippen LogP contribution in [0, 0.1) is 20.8 Å². The van der Waals surface area contributed by atoms with Crippen LogP contribution in [0.1, 0.15) is 34.0 Å². The highest BCUT2D eigenvalue weighted by atomic mass is 35.5. The lowest BCUT2D eigenvalue weighted by molar-refractivity contribution is 0.0506.